The van der Waals surface area contributed by atoms with Crippen molar-refractivity contribution in [3.63, 3.8) is 0 Å². The molecule has 3 aromatic carbocycles. The van der Waals surface area contributed by atoms with Gasteiger partial charge in [0.25, 0.3) is 11.5 Å². The molecule has 0 saturated heterocycles. The highest BCUT2D eigenvalue weighted by Crippen LogP contribution is 2.35. The zero-order valence-corrected chi connectivity index (χ0v) is 21.7. The highest BCUT2D eigenvalue weighted by atomic mass is 19.4. The molecule has 1 heterocycles. The third-order valence-corrected chi connectivity index (χ3v) is 6.52. The second kappa shape index (κ2) is 11.0. The van der Waals surface area contributed by atoms with E-state index in [1.165, 1.54) is 10.6 Å². The zero-order chi connectivity index (χ0) is 28.3. The Kier molecular flexibility index (Phi) is 7.73. The summed E-state index contributed by atoms with van der Waals surface area (Å²) >= 11 is 0. The van der Waals surface area contributed by atoms with E-state index in [0.29, 0.717) is 23.2 Å². The number of nitriles is 1. The molecule has 0 radical (unpaired) electrons. The van der Waals surface area contributed by atoms with Gasteiger partial charge in [-0.25, -0.2) is 0 Å². The molecule has 39 heavy (non-hydrogen) atoms. The number of amides is 1. The van der Waals surface area contributed by atoms with Crippen LogP contribution in [0.2, 0.25) is 0 Å². The summed E-state index contributed by atoms with van der Waals surface area (Å²) in [6.07, 6.45) is -4.88. The van der Waals surface area contributed by atoms with Crippen LogP contribution in [0, 0.1) is 25.2 Å². The van der Waals surface area contributed by atoms with Gasteiger partial charge in [-0.2, -0.15) is 18.4 Å². The molecule has 5 nitrogen and oxygen atoms in total. The summed E-state index contributed by atoms with van der Waals surface area (Å²) in [7, 11) is 0. The molecule has 4 aromatic rings. The summed E-state index contributed by atoms with van der Waals surface area (Å²) in [6.45, 7) is 6.11. The second-order valence-electron chi connectivity index (χ2n) is 9.27. The van der Waals surface area contributed by atoms with Crippen LogP contribution in [0.1, 0.15) is 45.1 Å². The molecule has 0 aliphatic heterocycles. The molecule has 1 amide bonds. The van der Waals surface area contributed by atoms with Gasteiger partial charge in [0, 0.05) is 12.1 Å². The van der Waals surface area contributed by atoms with Crippen molar-refractivity contribution in [3.8, 4) is 28.5 Å². The van der Waals surface area contributed by atoms with Crippen LogP contribution in [0.15, 0.2) is 77.6 Å². The summed E-state index contributed by atoms with van der Waals surface area (Å²) in [6, 6.07) is 21.7. The maximum atomic E-state index is 13.9. The fourth-order valence-electron chi connectivity index (χ4n) is 4.50. The van der Waals surface area contributed by atoms with E-state index in [2.05, 4.69) is 5.32 Å². The summed E-state index contributed by atoms with van der Waals surface area (Å²) in [5, 5.41) is 12.2. The Labute approximate surface area is 224 Å². The van der Waals surface area contributed by atoms with Gasteiger partial charge in [-0.15, -0.1) is 0 Å². The van der Waals surface area contributed by atoms with E-state index in [1.807, 2.05) is 39.0 Å². The van der Waals surface area contributed by atoms with Gasteiger partial charge < -0.3 is 9.88 Å². The Morgan fingerprint density at radius 2 is 1.64 bits per heavy atom. The number of benzene rings is 3. The van der Waals surface area contributed by atoms with Crippen LogP contribution >= 0.6 is 0 Å². The first-order valence-corrected chi connectivity index (χ1v) is 12.3. The minimum atomic E-state index is -4.88. The summed E-state index contributed by atoms with van der Waals surface area (Å²) in [5.41, 5.74) is 1.81. The lowest BCUT2D eigenvalue weighted by Crippen LogP contribution is -2.29. The number of nitrogens with one attached hydrogen (secondary N) is 1. The van der Waals surface area contributed by atoms with Crippen LogP contribution in [0.4, 0.5) is 13.2 Å². The van der Waals surface area contributed by atoms with Crippen LogP contribution < -0.4 is 10.9 Å². The van der Waals surface area contributed by atoms with Gasteiger partial charge in [-0.1, -0.05) is 54.1 Å². The highest BCUT2D eigenvalue weighted by Gasteiger charge is 2.36. The summed E-state index contributed by atoms with van der Waals surface area (Å²) in [5.74, 6) is -0.203. The van der Waals surface area contributed by atoms with Crippen LogP contribution in [-0.2, 0) is 12.7 Å². The zero-order valence-electron chi connectivity index (χ0n) is 21.7. The standard InChI is InChI=1S/C31H26F3N3O2/c1-4-36-29(38)22-12-10-21(11-13-22)23-6-5-7-24(15-23)28-16-27(31(32,33)34)26(17-35)30(39)37(28)18-25-9-8-19(2)14-20(25)3/h5-16H,4,18H2,1-3H3,(H,36,38). The van der Waals surface area contributed by atoms with Gasteiger partial charge >= 0.3 is 6.18 Å². The first-order valence-electron chi connectivity index (χ1n) is 12.3. The summed E-state index contributed by atoms with van der Waals surface area (Å²) in [4.78, 5) is 25.5. The lowest BCUT2D eigenvalue weighted by atomic mass is 9.98. The Hall–Kier alpha value is -4.64. The number of nitrogens with zero attached hydrogens (tertiary/aromatic N) is 2. The molecule has 0 fully saturated rings. The molecule has 4 rings (SSSR count). The number of pyridine rings is 1. The quantitative estimate of drug-likeness (QED) is 0.310. The fourth-order valence-corrected chi connectivity index (χ4v) is 4.50. The molecular weight excluding hydrogens is 503 g/mol. The van der Waals surface area contributed by atoms with Crippen molar-refractivity contribution in [1.82, 2.24) is 9.88 Å². The van der Waals surface area contributed by atoms with Crippen molar-refractivity contribution in [2.45, 2.75) is 33.5 Å². The number of carbonyl (C=O) groups is 1. The molecule has 0 unspecified atom stereocenters. The number of carbonyl (C=O) groups excluding carboxylic acids is 1. The van der Waals surface area contributed by atoms with Crippen LogP contribution in [0.3, 0.4) is 0 Å². The average Bonchev–Trinajstić information content (AvgIpc) is 2.90. The number of hydrogen-bond acceptors (Lipinski definition) is 3. The van der Waals surface area contributed by atoms with Crippen molar-refractivity contribution in [2.75, 3.05) is 6.54 Å². The van der Waals surface area contributed by atoms with Gasteiger partial charge in [0.15, 0.2) is 0 Å². The van der Waals surface area contributed by atoms with Crippen molar-refractivity contribution in [1.29, 1.82) is 5.26 Å². The predicted molar refractivity (Wildman–Crippen MR) is 144 cm³/mol. The first kappa shape index (κ1) is 27.4. The molecule has 0 aliphatic carbocycles. The molecule has 0 saturated carbocycles. The first-order chi connectivity index (χ1) is 18.5. The van der Waals surface area contributed by atoms with Crippen molar-refractivity contribution in [3.05, 3.63) is 117 Å². The number of alkyl halides is 3. The van der Waals surface area contributed by atoms with E-state index >= 15 is 0 Å². The minimum Gasteiger partial charge on any atom is -0.352 e. The molecule has 0 spiro atoms. The number of halogens is 3. The lowest BCUT2D eigenvalue weighted by Gasteiger charge is -2.19. The van der Waals surface area contributed by atoms with E-state index < -0.39 is 22.9 Å². The SMILES string of the molecule is CCNC(=O)c1ccc(-c2cccc(-c3cc(C(F)(F)F)c(C#N)c(=O)n3Cc3ccc(C)cc3C)c2)cc1. The molecular formula is C31H26F3N3O2. The maximum Gasteiger partial charge on any atom is 0.417 e. The maximum absolute atomic E-state index is 13.9. The minimum absolute atomic E-state index is 0.00143. The second-order valence-corrected chi connectivity index (χ2v) is 9.27. The molecule has 198 valence electrons. The predicted octanol–water partition coefficient (Wildman–Crippen LogP) is 6.49. The largest absolute Gasteiger partial charge is 0.417 e. The van der Waals surface area contributed by atoms with Crippen LogP contribution in [0.25, 0.3) is 22.4 Å². The monoisotopic (exact) mass is 529 g/mol. The Balaban J connectivity index is 1.88. The highest BCUT2D eigenvalue weighted by molar-refractivity contribution is 5.94. The molecule has 8 heteroatoms. The summed E-state index contributed by atoms with van der Waals surface area (Å²) < 4.78 is 43.1. The van der Waals surface area contributed by atoms with Gasteiger partial charge in [0.05, 0.1) is 17.8 Å². The Bertz CT molecular complexity index is 1650. The van der Waals surface area contributed by atoms with Crippen LogP contribution in [0.5, 0.6) is 0 Å². The molecule has 0 bridgehead atoms. The third-order valence-electron chi connectivity index (χ3n) is 6.52. The molecule has 0 atom stereocenters. The number of hydrogen-bond donors (Lipinski definition) is 1. The van der Waals surface area contributed by atoms with E-state index in [9.17, 15) is 28.0 Å². The number of aryl methyl sites for hydroxylation is 2. The van der Waals surface area contributed by atoms with Gasteiger partial charge in [0.1, 0.15) is 11.6 Å². The van der Waals surface area contributed by atoms with Gasteiger partial charge in [-0.05, 0) is 72.9 Å². The average molecular weight is 530 g/mol. The topological polar surface area (TPSA) is 74.9 Å². The number of aromatic nitrogens is 1. The van der Waals surface area contributed by atoms with E-state index in [0.717, 1.165) is 28.3 Å². The van der Waals surface area contributed by atoms with Gasteiger partial charge in [-0.3, -0.25) is 9.59 Å². The lowest BCUT2D eigenvalue weighted by molar-refractivity contribution is -0.137. The van der Waals surface area contributed by atoms with Crippen molar-refractivity contribution >= 4 is 5.91 Å². The number of rotatable bonds is 6. The van der Waals surface area contributed by atoms with E-state index in [-0.39, 0.29) is 18.1 Å². The Morgan fingerprint density at radius 3 is 2.26 bits per heavy atom. The molecule has 1 aromatic heterocycles. The van der Waals surface area contributed by atoms with Crippen molar-refractivity contribution < 1.29 is 18.0 Å². The van der Waals surface area contributed by atoms with E-state index in [1.54, 1.807) is 48.5 Å². The van der Waals surface area contributed by atoms with Crippen LogP contribution in [-0.4, -0.2) is 17.0 Å². The van der Waals surface area contributed by atoms with E-state index in [4.69, 9.17) is 0 Å². The Morgan fingerprint density at radius 1 is 0.949 bits per heavy atom. The van der Waals surface area contributed by atoms with Gasteiger partial charge in [0.2, 0.25) is 0 Å². The molecule has 1 N–H and O–H groups in total. The normalized spacial score (nSPS) is 11.2. The fraction of sp³-hybridized carbons (Fsp3) is 0.194. The molecule has 0 aliphatic rings. The van der Waals surface area contributed by atoms with Crippen molar-refractivity contribution in [2.24, 2.45) is 0 Å². The third kappa shape index (κ3) is 5.78. The smallest absolute Gasteiger partial charge is 0.352 e.